The van der Waals surface area contributed by atoms with Gasteiger partial charge in [0.1, 0.15) is 24.2 Å². The Kier molecular flexibility index (Phi) is 16.9. The number of amides is 5. The molecule has 6 unspecified atom stereocenters. The lowest BCUT2D eigenvalue weighted by molar-refractivity contribution is -0.161. The van der Waals surface area contributed by atoms with Gasteiger partial charge in [-0.2, -0.15) is 0 Å². The first-order valence-corrected chi connectivity index (χ1v) is 16.5. The maximum atomic E-state index is 14.0. The largest absolute Gasteiger partial charge is 0.469 e. The van der Waals surface area contributed by atoms with Crippen molar-refractivity contribution in [3.8, 4) is 0 Å². The van der Waals surface area contributed by atoms with Crippen LogP contribution in [-0.4, -0.2) is 121 Å². The zero-order valence-corrected chi connectivity index (χ0v) is 30.1. The number of methoxy groups -OCH3 is 1. The lowest BCUT2D eigenvalue weighted by Crippen LogP contribution is -2.61. The topological polar surface area (TPSA) is 172 Å². The van der Waals surface area contributed by atoms with Crippen LogP contribution in [0.1, 0.15) is 87.5 Å². The molecule has 0 saturated carbocycles. The van der Waals surface area contributed by atoms with Gasteiger partial charge in [-0.1, -0.05) is 48.0 Å². The van der Waals surface area contributed by atoms with Crippen LogP contribution in [-0.2, 0) is 43.0 Å². The molecular formula is C33H57N5O9. The summed E-state index contributed by atoms with van der Waals surface area (Å²) in [6, 6.07) is -3.68. The number of nitrogens with zero attached hydrogens (tertiary/aromatic N) is 3. The third-order valence-electron chi connectivity index (χ3n) is 8.70. The Balaban J connectivity index is 3.17. The molecule has 14 heteroatoms. The van der Waals surface area contributed by atoms with E-state index in [4.69, 9.17) is 4.74 Å². The van der Waals surface area contributed by atoms with Gasteiger partial charge >= 0.3 is 11.9 Å². The third kappa shape index (κ3) is 11.8. The number of rotatable bonds is 17. The van der Waals surface area contributed by atoms with E-state index in [0.717, 1.165) is 0 Å². The van der Waals surface area contributed by atoms with Gasteiger partial charge in [0.2, 0.25) is 23.6 Å². The van der Waals surface area contributed by atoms with Gasteiger partial charge in [-0.3, -0.25) is 33.6 Å². The highest BCUT2D eigenvalue weighted by atomic mass is 16.5. The van der Waals surface area contributed by atoms with Crippen molar-refractivity contribution in [2.24, 2.45) is 17.8 Å². The minimum Gasteiger partial charge on any atom is -0.469 e. The molecule has 1 heterocycles. The Labute approximate surface area is 279 Å². The fourth-order valence-corrected chi connectivity index (χ4v) is 5.62. The summed E-state index contributed by atoms with van der Waals surface area (Å²) >= 11 is 0. The summed E-state index contributed by atoms with van der Waals surface area (Å²) in [5, 5.41) is 5.49. The molecule has 14 nitrogen and oxygen atoms in total. The molecule has 5 amide bonds. The number of esters is 2. The van der Waals surface area contributed by atoms with Gasteiger partial charge < -0.3 is 34.8 Å². The van der Waals surface area contributed by atoms with E-state index < -0.39 is 71.7 Å². The van der Waals surface area contributed by atoms with Gasteiger partial charge in [0.25, 0.3) is 5.91 Å². The molecule has 0 aliphatic carbocycles. The second kappa shape index (κ2) is 19.2. The monoisotopic (exact) mass is 667 g/mol. The van der Waals surface area contributed by atoms with Crippen LogP contribution >= 0.6 is 0 Å². The number of carbonyl (C=O) groups is 7. The molecular weight excluding hydrogens is 610 g/mol. The SMILES string of the molecule is CCC(C)C(NC(=O)C1CCCN1C(=O)C(CC(C)C)OC(C)=O)C(=O)N(C)C(C(=O)N(C)C(C)C(=O)NCCC(=O)OC)C(C)C. The van der Waals surface area contributed by atoms with Crippen LogP contribution in [0, 0.1) is 17.8 Å². The number of likely N-dealkylation sites (N-methyl/N-ethyl adjacent to an activating group) is 2. The molecule has 47 heavy (non-hydrogen) atoms. The highest BCUT2D eigenvalue weighted by Gasteiger charge is 2.42. The molecule has 0 aromatic rings. The fourth-order valence-electron chi connectivity index (χ4n) is 5.62. The minimum absolute atomic E-state index is 0.0152. The first-order valence-electron chi connectivity index (χ1n) is 16.5. The van der Waals surface area contributed by atoms with Crippen LogP contribution < -0.4 is 10.6 Å². The first kappa shape index (κ1) is 41.3. The molecule has 0 aromatic carbocycles. The molecule has 1 aliphatic heterocycles. The lowest BCUT2D eigenvalue weighted by atomic mass is 9.94. The summed E-state index contributed by atoms with van der Waals surface area (Å²) in [6.07, 6.45) is 0.800. The summed E-state index contributed by atoms with van der Waals surface area (Å²) in [7, 11) is 4.23. The van der Waals surface area contributed by atoms with Gasteiger partial charge in [-0.15, -0.1) is 0 Å². The van der Waals surface area contributed by atoms with Crippen LogP contribution in [0.4, 0.5) is 0 Å². The van der Waals surface area contributed by atoms with Crippen LogP contribution in [0.15, 0.2) is 0 Å². The number of hydrogen-bond acceptors (Lipinski definition) is 9. The van der Waals surface area contributed by atoms with Crippen molar-refractivity contribution in [2.75, 3.05) is 34.3 Å². The zero-order chi connectivity index (χ0) is 36.2. The summed E-state index contributed by atoms with van der Waals surface area (Å²) in [4.78, 5) is 94.8. The van der Waals surface area contributed by atoms with Gasteiger partial charge in [0, 0.05) is 34.1 Å². The van der Waals surface area contributed by atoms with Gasteiger partial charge in [0.05, 0.1) is 13.5 Å². The molecule has 268 valence electrons. The van der Waals surface area contributed by atoms with Gasteiger partial charge in [-0.25, -0.2) is 0 Å². The smallest absolute Gasteiger partial charge is 0.307 e. The standard InChI is InChI=1S/C33H57N5O9/c1-12-21(6)27(35-30(42)24-14-13-17-38(24)31(43)25(18-19(2)3)47-23(8)39)32(44)37(10)28(20(4)5)33(45)36(9)22(7)29(41)34-16-15-26(40)46-11/h19-22,24-25,27-28H,12-18H2,1-11H3,(H,34,41)(H,35,42). The van der Waals surface area contributed by atoms with Crippen LogP contribution in [0.5, 0.6) is 0 Å². The average Bonchev–Trinajstić information content (AvgIpc) is 3.50. The number of nitrogens with one attached hydrogen (secondary N) is 2. The Morgan fingerprint density at radius 1 is 0.936 bits per heavy atom. The van der Waals surface area contributed by atoms with E-state index in [0.29, 0.717) is 32.2 Å². The Morgan fingerprint density at radius 3 is 2.06 bits per heavy atom. The van der Waals surface area contributed by atoms with Crippen molar-refractivity contribution in [3.05, 3.63) is 0 Å². The van der Waals surface area contributed by atoms with Crippen molar-refractivity contribution in [1.29, 1.82) is 0 Å². The molecule has 2 N–H and O–H groups in total. The number of ether oxygens (including phenoxy) is 2. The normalized spacial score (nSPS) is 17.6. The molecule has 6 atom stereocenters. The zero-order valence-electron chi connectivity index (χ0n) is 30.1. The number of likely N-dealkylation sites (tertiary alicyclic amines) is 1. The lowest BCUT2D eigenvalue weighted by Gasteiger charge is -2.38. The summed E-state index contributed by atoms with van der Waals surface area (Å²) in [5.74, 6) is -3.97. The molecule has 0 aromatic heterocycles. The molecule has 1 rings (SSSR count). The van der Waals surface area contributed by atoms with Crippen LogP contribution in [0.3, 0.4) is 0 Å². The van der Waals surface area contributed by atoms with E-state index in [2.05, 4.69) is 15.4 Å². The quantitative estimate of drug-likeness (QED) is 0.218. The van der Waals surface area contributed by atoms with Crippen molar-refractivity contribution in [2.45, 2.75) is 118 Å². The first-order chi connectivity index (χ1) is 21.9. The van der Waals surface area contributed by atoms with E-state index >= 15 is 0 Å². The fraction of sp³-hybridized carbons (Fsp3) is 0.788. The maximum absolute atomic E-state index is 14.0. The van der Waals surface area contributed by atoms with Gasteiger partial charge in [0.15, 0.2) is 6.10 Å². The minimum atomic E-state index is -1.01. The number of hydrogen-bond donors (Lipinski definition) is 2. The molecule has 1 aliphatic rings. The molecule has 0 radical (unpaired) electrons. The van der Waals surface area contributed by atoms with E-state index in [-0.39, 0.29) is 30.7 Å². The summed E-state index contributed by atoms with van der Waals surface area (Å²) in [6.45, 7) is 14.3. The van der Waals surface area contributed by atoms with Gasteiger partial charge in [-0.05, 0) is 43.9 Å². The molecule has 1 saturated heterocycles. The van der Waals surface area contributed by atoms with Crippen molar-refractivity contribution in [3.63, 3.8) is 0 Å². The van der Waals surface area contributed by atoms with E-state index in [1.54, 1.807) is 20.8 Å². The highest BCUT2D eigenvalue weighted by Crippen LogP contribution is 2.24. The average molecular weight is 668 g/mol. The highest BCUT2D eigenvalue weighted by molar-refractivity contribution is 5.96. The number of carbonyl (C=O) groups excluding carboxylic acids is 7. The van der Waals surface area contributed by atoms with Crippen LogP contribution in [0.2, 0.25) is 0 Å². The van der Waals surface area contributed by atoms with Crippen molar-refractivity contribution < 1.29 is 43.0 Å². The Morgan fingerprint density at radius 2 is 1.55 bits per heavy atom. The molecule has 1 fully saturated rings. The molecule has 0 bridgehead atoms. The van der Waals surface area contributed by atoms with E-state index in [9.17, 15) is 33.6 Å². The van der Waals surface area contributed by atoms with Crippen LogP contribution in [0.25, 0.3) is 0 Å². The summed E-state index contributed by atoms with van der Waals surface area (Å²) < 4.78 is 9.90. The third-order valence-corrected chi connectivity index (χ3v) is 8.70. The van der Waals surface area contributed by atoms with Crippen molar-refractivity contribution >= 4 is 41.5 Å². The second-order valence-electron chi connectivity index (χ2n) is 13.2. The van der Waals surface area contributed by atoms with Crippen molar-refractivity contribution in [1.82, 2.24) is 25.3 Å². The predicted molar refractivity (Wildman–Crippen MR) is 174 cm³/mol. The Hall–Kier alpha value is -3.71. The summed E-state index contributed by atoms with van der Waals surface area (Å²) in [5.41, 5.74) is 0. The van der Waals surface area contributed by atoms with E-state index in [1.165, 1.54) is 42.8 Å². The maximum Gasteiger partial charge on any atom is 0.307 e. The van der Waals surface area contributed by atoms with E-state index in [1.807, 2.05) is 27.7 Å². The predicted octanol–water partition coefficient (Wildman–Crippen LogP) is 1.50. The second-order valence-corrected chi connectivity index (χ2v) is 13.2. The molecule has 0 spiro atoms. The Bertz CT molecular complexity index is 1130.